The lowest BCUT2D eigenvalue weighted by Crippen LogP contribution is -2.27. The van der Waals surface area contributed by atoms with Gasteiger partial charge in [0, 0.05) is 41.6 Å². The highest BCUT2D eigenvalue weighted by molar-refractivity contribution is 6.31. The average molecular weight is 374 g/mol. The number of nitrogens with one attached hydrogen (secondary N) is 1. The summed E-state index contributed by atoms with van der Waals surface area (Å²) in [6.45, 7) is 1.87. The van der Waals surface area contributed by atoms with Crippen LogP contribution in [0.5, 0.6) is 0 Å². The molecule has 2 aromatic carbocycles. The van der Waals surface area contributed by atoms with Crippen molar-refractivity contribution < 1.29 is 9.18 Å². The molecule has 134 valence electrons. The summed E-state index contributed by atoms with van der Waals surface area (Å²) in [5.41, 5.74) is 1.89. The Hall–Kier alpha value is -2.86. The van der Waals surface area contributed by atoms with Crippen LogP contribution >= 0.6 is 11.6 Å². The molecule has 0 spiro atoms. The maximum atomic E-state index is 13.9. The summed E-state index contributed by atoms with van der Waals surface area (Å²) < 4.78 is 15.4. The molecule has 0 unspecified atom stereocenters. The van der Waals surface area contributed by atoms with Crippen molar-refractivity contribution in [3.8, 4) is 5.69 Å². The number of hydrogen-bond acceptors (Lipinski definition) is 2. The van der Waals surface area contributed by atoms with E-state index in [1.807, 2.05) is 6.92 Å². The van der Waals surface area contributed by atoms with Gasteiger partial charge < -0.3 is 9.88 Å². The van der Waals surface area contributed by atoms with E-state index < -0.39 is 5.82 Å². The lowest BCUT2D eigenvalue weighted by atomic mass is 10.1. The summed E-state index contributed by atoms with van der Waals surface area (Å²) in [5.74, 6) is -0.719. The number of aryl methyl sites for hydroxylation is 1. The molecule has 3 aromatic rings. The molecule has 0 radical (unpaired) electrons. The Morgan fingerprint density at radius 3 is 2.50 bits per heavy atom. The second-order valence-corrected chi connectivity index (χ2v) is 6.39. The monoisotopic (exact) mass is 373 g/mol. The topological polar surface area (TPSA) is 58.1 Å². The molecular weight excluding hydrogens is 357 g/mol. The molecule has 0 aliphatic heterocycles. The molecule has 3 rings (SSSR count). The Morgan fingerprint density at radius 2 is 1.92 bits per heavy atom. The summed E-state index contributed by atoms with van der Waals surface area (Å²) in [7, 11) is 1.58. The molecule has 7 heteroatoms. The van der Waals surface area contributed by atoms with Crippen molar-refractivity contribution in [2.75, 3.05) is 7.05 Å². The number of halogens is 2. The van der Waals surface area contributed by atoms with Crippen molar-refractivity contribution in [1.82, 2.24) is 14.5 Å². The van der Waals surface area contributed by atoms with E-state index in [1.54, 1.807) is 43.6 Å². The summed E-state index contributed by atoms with van der Waals surface area (Å²) >= 11 is 6.02. The van der Waals surface area contributed by atoms with E-state index in [0.717, 1.165) is 5.69 Å². The number of carbonyl (C=O) groups is 1. The van der Waals surface area contributed by atoms with Gasteiger partial charge in [-0.3, -0.25) is 9.36 Å². The average Bonchev–Trinajstić information content (AvgIpc) is 2.96. The van der Waals surface area contributed by atoms with E-state index in [4.69, 9.17) is 11.6 Å². The van der Waals surface area contributed by atoms with E-state index in [2.05, 4.69) is 4.98 Å². The molecule has 0 aliphatic carbocycles. The van der Waals surface area contributed by atoms with E-state index in [1.165, 1.54) is 21.6 Å². The van der Waals surface area contributed by atoms with Crippen LogP contribution in [0.3, 0.4) is 0 Å². The fourth-order valence-corrected chi connectivity index (χ4v) is 2.96. The third kappa shape index (κ3) is 3.41. The number of amides is 1. The fraction of sp³-hybridized carbons (Fsp3) is 0.158. The highest BCUT2D eigenvalue weighted by Gasteiger charge is 2.16. The van der Waals surface area contributed by atoms with Crippen LogP contribution in [0.4, 0.5) is 4.39 Å². The number of aromatic amines is 1. The van der Waals surface area contributed by atoms with E-state index >= 15 is 0 Å². The van der Waals surface area contributed by atoms with Gasteiger partial charge in [-0.25, -0.2) is 9.18 Å². The van der Waals surface area contributed by atoms with Crippen molar-refractivity contribution in [3.05, 3.63) is 86.8 Å². The second kappa shape index (κ2) is 7.17. The molecule has 5 nitrogen and oxygen atoms in total. The number of benzene rings is 2. The predicted octanol–water partition coefficient (Wildman–Crippen LogP) is 3.54. The first-order chi connectivity index (χ1) is 12.4. The smallest absolute Gasteiger partial charge is 0.330 e. The van der Waals surface area contributed by atoms with Crippen LogP contribution in [0.15, 0.2) is 53.5 Å². The Kier molecular flexibility index (Phi) is 4.95. The summed E-state index contributed by atoms with van der Waals surface area (Å²) in [6.07, 6.45) is 1.62. The fourth-order valence-electron chi connectivity index (χ4n) is 2.74. The molecule has 0 saturated heterocycles. The summed E-state index contributed by atoms with van der Waals surface area (Å²) in [4.78, 5) is 28.4. The Labute approximate surface area is 154 Å². The SMILES string of the molecule is Cc1c[nH]c(=O)n1-c1ccc(C(=O)N(C)Cc2c(F)cccc2Cl)cc1. The number of nitrogens with zero attached hydrogens (tertiary/aromatic N) is 2. The number of rotatable bonds is 4. The minimum absolute atomic E-state index is 0.0580. The third-order valence-electron chi connectivity index (χ3n) is 4.14. The first-order valence-corrected chi connectivity index (χ1v) is 8.32. The quantitative estimate of drug-likeness (QED) is 0.760. The zero-order valence-electron chi connectivity index (χ0n) is 14.3. The largest absolute Gasteiger partial charge is 0.337 e. The highest BCUT2D eigenvalue weighted by atomic mass is 35.5. The molecule has 1 N–H and O–H groups in total. The Morgan fingerprint density at radius 1 is 1.23 bits per heavy atom. The molecule has 1 amide bonds. The Bertz CT molecular complexity index is 988. The van der Waals surface area contributed by atoms with Crippen LogP contribution < -0.4 is 5.69 Å². The van der Waals surface area contributed by atoms with Crippen molar-refractivity contribution in [3.63, 3.8) is 0 Å². The van der Waals surface area contributed by atoms with Crippen LogP contribution in [0.2, 0.25) is 5.02 Å². The van der Waals surface area contributed by atoms with Gasteiger partial charge in [0.05, 0.1) is 5.69 Å². The molecule has 0 aliphatic rings. The number of H-pyrrole nitrogens is 1. The third-order valence-corrected chi connectivity index (χ3v) is 4.49. The predicted molar refractivity (Wildman–Crippen MR) is 98.3 cm³/mol. The summed E-state index contributed by atoms with van der Waals surface area (Å²) in [5, 5.41) is 0.280. The van der Waals surface area contributed by atoms with Crippen LogP contribution in [-0.4, -0.2) is 27.4 Å². The van der Waals surface area contributed by atoms with Gasteiger partial charge in [0.15, 0.2) is 0 Å². The van der Waals surface area contributed by atoms with Gasteiger partial charge in [0.25, 0.3) is 5.91 Å². The van der Waals surface area contributed by atoms with E-state index in [9.17, 15) is 14.0 Å². The lowest BCUT2D eigenvalue weighted by Gasteiger charge is -2.18. The van der Waals surface area contributed by atoms with Crippen molar-refractivity contribution in [2.45, 2.75) is 13.5 Å². The van der Waals surface area contributed by atoms with Crippen molar-refractivity contribution in [1.29, 1.82) is 0 Å². The molecule has 0 saturated carbocycles. The van der Waals surface area contributed by atoms with Crippen LogP contribution in [0.25, 0.3) is 5.69 Å². The van der Waals surface area contributed by atoms with E-state index in [0.29, 0.717) is 11.3 Å². The van der Waals surface area contributed by atoms with Gasteiger partial charge in [-0.2, -0.15) is 0 Å². The van der Waals surface area contributed by atoms with Gasteiger partial charge >= 0.3 is 5.69 Å². The minimum atomic E-state index is -0.449. The van der Waals surface area contributed by atoms with Gasteiger partial charge in [-0.1, -0.05) is 17.7 Å². The van der Waals surface area contributed by atoms with Gasteiger partial charge in [0.1, 0.15) is 5.82 Å². The lowest BCUT2D eigenvalue weighted by molar-refractivity contribution is 0.0784. The molecule has 0 atom stereocenters. The van der Waals surface area contributed by atoms with Crippen LogP contribution in [-0.2, 0) is 6.54 Å². The van der Waals surface area contributed by atoms with Gasteiger partial charge in [0.2, 0.25) is 0 Å². The number of aromatic nitrogens is 2. The van der Waals surface area contributed by atoms with Crippen molar-refractivity contribution in [2.24, 2.45) is 0 Å². The normalized spacial score (nSPS) is 10.8. The molecule has 0 fully saturated rings. The van der Waals surface area contributed by atoms with Crippen LogP contribution in [0.1, 0.15) is 21.6 Å². The zero-order chi connectivity index (χ0) is 18.8. The number of imidazole rings is 1. The maximum Gasteiger partial charge on any atom is 0.330 e. The van der Waals surface area contributed by atoms with E-state index in [-0.39, 0.29) is 28.7 Å². The highest BCUT2D eigenvalue weighted by Crippen LogP contribution is 2.21. The second-order valence-electron chi connectivity index (χ2n) is 5.98. The molecule has 1 aromatic heterocycles. The first kappa shape index (κ1) is 17.9. The molecular formula is C19H17ClFN3O2. The minimum Gasteiger partial charge on any atom is -0.337 e. The molecule has 1 heterocycles. The van der Waals surface area contributed by atoms with Crippen molar-refractivity contribution >= 4 is 17.5 Å². The summed E-state index contributed by atoms with van der Waals surface area (Å²) in [6, 6.07) is 11.1. The Balaban J connectivity index is 1.81. The van der Waals surface area contributed by atoms with Gasteiger partial charge in [-0.15, -0.1) is 0 Å². The van der Waals surface area contributed by atoms with Crippen LogP contribution in [0, 0.1) is 12.7 Å². The molecule has 26 heavy (non-hydrogen) atoms. The zero-order valence-corrected chi connectivity index (χ0v) is 15.0. The number of hydrogen-bond donors (Lipinski definition) is 1. The van der Waals surface area contributed by atoms with Gasteiger partial charge in [-0.05, 0) is 43.3 Å². The standard InChI is InChI=1S/C19H17ClFN3O2/c1-12-10-22-19(26)24(12)14-8-6-13(7-9-14)18(25)23(2)11-15-16(20)4-3-5-17(15)21/h3-10H,11H2,1-2H3,(H,22,26). The molecule has 0 bridgehead atoms. The number of carbonyl (C=O) groups excluding carboxylic acids is 1. The maximum absolute atomic E-state index is 13.9. The first-order valence-electron chi connectivity index (χ1n) is 7.94.